The van der Waals surface area contributed by atoms with Gasteiger partial charge in [-0.05, 0) is 11.6 Å². The van der Waals surface area contributed by atoms with Gasteiger partial charge in [0.25, 0.3) is 10.0 Å². The first-order chi connectivity index (χ1) is 12.5. The second-order valence-electron chi connectivity index (χ2n) is 5.94. The maximum atomic E-state index is 13.2. The van der Waals surface area contributed by atoms with Crippen molar-refractivity contribution in [3.8, 4) is 0 Å². The van der Waals surface area contributed by atoms with Crippen LogP contribution in [0.5, 0.6) is 0 Å². The highest BCUT2D eigenvalue weighted by molar-refractivity contribution is 7.92. The molecule has 26 heavy (non-hydrogen) atoms. The Morgan fingerprint density at radius 3 is 2.46 bits per heavy atom. The van der Waals surface area contributed by atoms with Crippen molar-refractivity contribution in [3.05, 3.63) is 77.5 Å². The molecule has 0 saturated carbocycles. The average Bonchev–Trinajstić information content (AvgIpc) is 3.04. The van der Waals surface area contributed by atoms with Crippen LogP contribution < -0.4 is 4.31 Å². The molecular weight excluding hydrogens is 352 g/mol. The smallest absolute Gasteiger partial charge is 0.281 e. The number of benzene rings is 2. The van der Waals surface area contributed by atoms with Gasteiger partial charge in [-0.15, -0.1) is 0 Å². The molecule has 2 aromatic carbocycles. The third-order valence-corrected chi connectivity index (χ3v) is 6.26. The van der Waals surface area contributed by atoms with Gasteiger partial charge in [0.15, 0.2) is 5.03 Å². The van der Waals surface area contributed by atoms with E-state index in [9.17, 15) is 13.6 Å². The molecule has 0 atom stereocenters. The van der Waals surface area contributed by atoms with Crippen LogP contribution in [-0.4, -0.2) is 36.2 Å². The molecule has 3 aromatic rings. The van der Waals surface area contributed by atoms with Crippen molar-refractivity contribution in [1.82, 2.24) is 9.78 Å². The first-order valence-corrected chi connectivity index (χ1v) is 9.38. The van der Waals surface area contributed by atoms with E-state index in [4.69, 9.17) is 0 Å². The van der Waals surface area contributed by atoms with Gasteiger partial charge in [-0.2, -0.15) is 13.5 Å². The average molecular weight is 368 g/mol. The Morgan fingerprint density at radius 1 is 1.04 bits per heavy atom. The molecule has 0 unspecified atom stereocenters. The van der Waals surface area contributed by atoms with Gasteiger partial charge in [0.2, 0.25) is 0 Å². The summed E-state index contributed by atoms with van der Waals surface area (Å²) in [6.07, 6.45) is 1.43. The van der Waals surface area contributed by atoms with Crippen LogP contribution in [0.2, 0.25) is 0 Å². The summed E-state index contributed by atoms with van der Waals surface area (Å²) < 4.78 is 29.1. The van der Waals surface area contributed by atoms with Crippen LogP contribution in [-0.2, 0) is 16.6 Å². The van der Waals surface area contributed by atoms with E-state index in [1.54, 1.807) is 24.3 Å². The Bertz CT molecular complexity index is 1100. The molecule has 4 rings (SSSR count). The molecule has 0 aliphatic carbocycles. The Morgan fingerprint density at radius 2 is 1.73 bits per heavy atom. The SMILES string of the molecule is CN1c2ccccc2C(=NO)c2cnn(Cc3ccccc3)c2S1(=O)=O. The second-order valence-corrected chi connectivity index (χ2v) is 7.83. The molecule has 1 aromatic heterocycles. The monoisotopic (exact) mass is 368 g/mol. The Hall–Kier alpha value is -3.13. The van der Waals surface area contributed by atoms with Crippen molar-refractivity contribution in [1.29, 1.82) is 0 Å². The third kappa shape index (κ3) is 2.38. The molecule has 0 bridgehead atoms. The Kier molecular flexibility index (Phi) is 3.77. The second kappa shape index (κ2) is 5.99. The predicted octanol–water partition coefficient (Wildman–Crippen LogP) is 2.30. The van der Waals surface area contributed by atoms with Gasteiger partial charge >= 0.3 is 0 Å². The molecule has 0 saturated heterocycles. The summed E-state index contributed by atoms with van der Waals surface area (Å²) >= 11 is 0. The standard InChI is InChI=1S/C18H16N4O3S/c1-21-16-10-6-5-9-14(16)17(20-23)15-11-19-22(18(15)26(21,24)25)12-13-7-3-2-4-8-13/h2-11,23H,12H2,1H3. The molecule has 2 heterocycles. The minimum atomic E-state index is -3.88. The normalized spacial score (nSPS) is 16.8. The number of aromatic nitrogens is 2. The van der Waals surface area contributed by atoms with Crippen LogP contribution in [0.3, 0.4) is 0 Å². The van der Waals surface area contributed by atoms with Gasteiger partial charge in [-0.1, -0.05) is 53.7 Å². The molecular formula is C18H16N4O3S. The molecule has 0 radical (unpaired) electrons. The molecule has 132 valence electrons. The van der Waals surface area contributed by atoms with E-state index in [2.05, 4.69) is 10.3 Å². The van der Waals surface area contributed by atoms with E-state index in [0.717, 1.165) is 5.56 Å². The number of fused-ring (bicyclic) bond motifs is 2. The van der Waals surface area contributed by atoms with Crippen LogP contribution in [0.1, 0.15) is 16.7 Å². The molecule has 8 heteroatoms. The van der Waals surface area contributed by atoms with E-state index >= 15 is 0 Å². The number of anilines is 1. The molecule has 7 nitrogen and oxygen atoms in total. The number of rotatable bonds is 2. The van der Waals surface area contributed by atoms with E-state index in [1.807, 2.05) is 30.3 Å². The van der Waals surface area contributed by atoms with Crippen LogP contribution >= 0.6 is 0 Å². The molecule has 1 aliphatic rings. The van der Waals surface area contributed by atoms with Crippen LogP contribution in [0.25, 0.3) is 0 Å². The van der Waals surface area contributed by atoms with Gasteiger partial charge in [0, 0.05) is 12.6 Å². The Labute approximate surface area is 150 Å². The van der Waals surface area contributed by atoms with Crippen molar-refractivity contribution in [2.45, 2.75) is 11.6 Å². The molecule has 0 amide bonds. The van der Waals surface area contributed by atoms with E-state index in [-0.39, 0.29) is 22.8 Å². The van der Waals surface area contributed by atoms with Crippen molar-refractivity contribution < 1.29 is 13.6 Å². The van der Waals surface area contributed by atoms with Crippen LogP contribution in [0.4, 0.5) is 5.69 Å². The Balaban J connectivity index is 1.96. The molecule has 1 aliphatic heterocycles. The van der Waals surface area contributed by atoms with Crippen molar-refractivity contribution in [2.75, 3.05) is 11.4 Å². The number of hydrogen-bond acceptors (Lipinski definition) is 5. The fraction of sp³-hybridized carbons (Fsp3) is 0.111. The maximum Gasteiger partial charge on any atom is 0.281 e. The third-order valence-electron chi connectivity index (χ3n) is 4.42. The minimum absolute atomic E-state index is 0.00727. The van der Waals surface area contributed by atoms with Crippen molar-refractivity contribution in [3.63, 3.8) is 0 Å². The summed E-state index contributed by atoms with van der Waals surface area (Å²) in [6.45, 7) is 0.290. The quantitative estimate of drug-likeness (QED) is 0.555. The number of para-hydroxylation sites is 1. The van der Waals surface area contributed by atoms with Gasteiger partial charge < -0.3 is 5.21 Å². The van der Waals surface area contributed by atoms with Crippen LogP contribution in [0.15, 0.2) is 71.0 Å². The highest BCUT2D eigenvalue weighted by atomic mass is 32.2. The summed E-state index contributed by atoms with van der Waals surface area (Å²) in [5.74, 6) is 0. The van der Waals surface area contributed by atoms with E-state index in [0.29, 0.717) is 11.3 Å². The van der Waals surface area contributed by atoms with E-state index < -0.39 is 10.0 Å². The zero-order chi connectivity index (χ0) is 18.3. The summed E-state index contributed by atoms with van der Waals surface area (Å²) in [5.41, 5.74) is 2.35. The lowest BCUT2D eigenvalue weighted by molar-refractivity contribution is 0.319. The van der Waals surface area contributed by atoms with Crippen LogP contribution in [0, 0.1) is 0 Å². The predicted molar refractivity (Wildman–Crippen MR) is 97.2 cm³/mol. The fourth-order valence-corrected chi connectivity index (χ4v) is 4.62. The largest absolute Gasteiger partial charge is 0.410 e. The number of oxime groups is 1. The molecule has 1 N–H and O–H groups in total. The lowest BCUT2D eigenvalue weighted by Crippen LogP contribution is -2.29. The number of nitrogens with zero attached hydrogens (tertiary/aromatic N) is 4. The highest BCUT2D eigenvalue weighted by Crippen LogP contribution is 2.34. The highest BCUT2D eigenvalue weighted by Gasteiger charge is 2.37. The molecule has 0 fully saturated rings. The minimum Gasteiger partial charge on any atom is -0.410 e. The zero-order valence-corrected chi connectivity index (χ0v) is 14.8. The summed E-state index contributed by atoms with van der Waals surface area (Å²) in [4.78, 5) is 0. The lowest BCUT2D eigenvalue weighted by atomic mass is 10.0. The van der Waals surface area contributed by atoms with Gasteiger partial charge in [-0.3, -0.25) is 4.31 Å². The lowest BCUT2D eigenvalue weighted by Gasteiger charge is -2.19. The topological polar surface area (TPSA) is 87.8 Å². The number of hydrogen-bond donors (Lipinski definition) is 1. The number of sulfonamides is 1. The fourth-order valence-electron chi connectivity index (χ4n) is 3.14. The summed E-state index contributed by atoms with van der Waals surface area (Å²) in [7, 11) is -2.39. The van der Waals surface area contributed by atoms with Crippen molar-refractivity contribution in [2.24, 2.45) is 5.16 Å². The maximum absolute atomic E-state index is 13.2. The summed E-state index contributed by atoms with van der Waals surface area (Å²) in [6, 6.07) is 16.4. The zero-order valence-electron chi connectivity index (χ0n) is 13.9. The van der Waals surface area contributed by atoms with Gasteiger partial charge in [0.05, 0.1) is 24.0 Å². The van der Waals surface area contributed by atoms with Crippen molar-refractivity contribution >= 4 is 21.4 Å². The first kappa shape index (κ1) is 16.3. The van der Waals surface area contributed by atoms with Gasteiger partial charge in [-0.25, -0.2) is 4.68 Å². The molecule has 0 spiro atoms. The first-order valence-electron chi connectivity index (χ1n) is 7.94. The summed E-state index contributed by atoms with van der Waals surface area (Å²) in [5, 5.41) is 17.2. The van der Waals surface area contributed by atoms with Gasteiger partial charge in [0.1, 0.15) is 5.71 Å². The van der Waals surface area contributed by atoms with E-state index in [1.165, 1.54) is 22.2 Å².